The van der Waals surface area contributed by atoms with Crippen molar-refractivity contribution in [3.8, 4) is 5.75 Å². The van der Waals surface area contributed by atoms with Crippen LogP contribution in [0.4, 0.5) is 5.69 Å². The average Bonchev–Trinajstić information content (AvgIpc) is 3.20. The Morgan fingerprint density at radius 1 is 1.16 bits per heavy atom. The molecule has 7 heteroatoms. The Bertz CT molecular complexity index is 1280. The van der Waals surface area contributed by atoms with E-state index in [9.17, 15) is 4.79 Å². The quantitative estimate of drug-likeness (QED) is 0.360. The molecule has 0 saturated heterocycles. The Hall–Kier alpha value is -3.06. The fourth-order valence-electron chi connectivity index (χ4n) is 3.81. The van der Waals surface area contributed by atoms with E-state index in [-0.39, 0.29) is 11.2 Å². The van der Waals surface area contributed by atoms with Gasteiger partial charge in [0.1, 0.15) is 5.75 Å². The van der Waals surface area contributed by atoms with Crippen molar-refractivity contribution < 1.29 is 9.53 Å². The molecular weight excluding hydrogens is 420 g/mol. The van der Waals surface area contributed by atoms with Gasteiger partial charge in [-0.25, -0.2) is 0 Å². The summed E-state index contributed by atoms with van der Waals surface area (Å²) in [5, 5.41) is 13.3. The third-order valence-corrected chi connectivity index (χ3v) is 6.93. The van der Waals surface area contributed by atoms with E-state index in [1.54, 1.807) is 7.11 Å². The van der Waals surface area contributed by atoms with Crippen LogP contribution in [0, 0.1) is 6.92 Å². The third kappa shape index (κ3) is 4.17. The molecule has 0 saturated carbocycles. The lowest BCUT2D eigenvalue weighted by Crippen LogP contribution is -2.23. The predicted molar refractivity (Wildman–Crippen MR) is 131 cm³/mol. The molecule has 0 aliphatic carbocycles. The Labute approximate surface area is 192 Å². The first-order chi connectivity index (χ1) is 15.4. The van der Waals surface area contributed by atoms with Crippen molar-refractivity contribution in [2.24, 2.45) is 0 Å². The number of aromatic nitrogens is 3. The normalized spacial score (nSPS) is 13.3. The van der Waals surface area contributed by atoms with Crippen LogP contribution >= 0.6 is 11.8 Å². The molecule has 2 aromatic carbocycles. The highest BCUT2D eigenvalue weighted by molar-refractivity contribution is 8.00. The number of carbonyl (C=O) groups excluding carboxylic acids is 1. The molecule has 2 unspecified atom stereocenters. The Balaban J connectivity index is 1.64. The summed E-state index contributed by atoms with van der Waals surface area (Å²) in [6.07, 6.45) is 1.01. The number of hydrogen-bond acceptors (Lipinski definition) is 5. The van der Waals surface area contributed by atoms with Crippen LogP contribution in [0.3, 0.4) is 0 Å². The van der Waals surface area contributed by atoms with Crippen molar-refractivity contribution >= 4 is 39.9 Å². The number of hydrogen-bond donors (Lipinski definition) is 1. The second kappa shape index (κ2) is 9.20. The molecule has 0 aliphatic heterocycles. The Morgan fingerprint density at radius 3 is 2.69 bits per heavy atom. The van der Waals surface area contributed by atoms with Gasteiger partial charge >= 0.3 is 0 Å². The first kappa shape index (κ1) is 22.1. The van der Waals surface area contributed by atoms with Gasteiger partial charge in [-0.1, -0.05) is 43.8 Å². The summed E-state index contributed by atoms with van der Waals surface area (Å²) in [7, 11) is 1.65. The van der Waals surface area contributed by atoms with E-state index < -0.39 is 0 Å². The summed E-state index contributed by atoms with van der Waals surface area (Å²) < 4.78 is 7.42. The number of fused-ring (bicyclic) bond motifs is 3. The van der Waals surface area contributed by atoms with Crippen molar-refractivity contribution in [1.29, 1.82) is 0 Å². The molecule has 0 aliphatic rings. The topological polar surface area (TPSA) is 68.5 Å². The summed E-state index contributed by atoms with van der Waals surface area (Å²) in [6, 6.07) is 16.0. The highest BCUT2D eigenvalue weighted by Crippen LogP contribution is 2.31. The standard InChI is InChI=1S/C25H28N4O2S/c1-6-15(2)19-9-7-8-10-21(19)26-24(30)17(4)32-25-28-27-23-13-16(3)20-12-11-18(31-5)14-22(20)29(23)25/h7-15,17H,6H2,1-5H3,(H,26,30). The zero-order chi connectivity index (χ0) is 22.8. The van der Waals surface area contributed by atoms with Gasteiger partial charge in [-0.2, -0.15) is 0 Å². The highest BCUT2D eigenvalue weighted by Gasteiger charge is 2.21. The van der Waals surface area contributed by atoms with E-state index in [0.717, 1.165) is 45.5 Å². The molecule has 4 aromatic rings. The summed E-state index contributed by atoms with van der Waals surface area (Å²) in [5.74, 6) is 1.08. The van der Waals surface area contributed by atoms with Crippen LogP contribution in [0.25, 0.3) is 16.6 Å². The van der Waals surface area contributed by atoms with Gasteiger partial charge in [0.2, 0.25) is 5.91 Å². The van der Waals surface area contributed by atoms with Crippen LogP contribution in [0.2, 0.25) is 0 Å². The lowest BCUT2D eigenvalue weighted by atomic mass is 9.97. The molecule has 0 bridgehead atoms. The van der Waals surface area contributed by atoms with Crippen LogP contribution in [-0.2, 0) is 4.79 Å². The summed E-state index contributed by atoms with van der Waals surface area (Å²) in [6.45, 7) is 8.27. The Kier molecular flexibility index (Phi) is 6.37. The zero-order valence-electron chi connectivity index (χ0n) is 19.0. The van der Waals surface area contributed by atoms with Crippen molar-refractivity contribution in [3.05, 3.63) is 59.7 Å². The van der Waals surface area contributed by atoms with Crippen LogP contribution in [0.5, 0.6) is 5.75 Å². The van der Waals surface area contributed by atoms with Gasteiger partial charge in [0.15, 0.2) is 10.8 Å². The van der Waals surface area contributed by atoms with Crippen molar-refractivity contribution in [3.63, 3.8) is 0 Å². The molecule has 6 nitrogen and oxygen atoms in total. The first-order valence-corrected chi connectivity index (χ1v) is 11.7. The first-order valence-electron chi connectivity index (χ1n) is 10.8. The number of amides is 1. The van der Waals surface area contributed by atoms with Crippen molar-refractivity contribution in [1.82, 2.24) is 14.6 Å². The van der Waals surface area contributed by atoms with E-state index >= 15 is 0 Å². The number of thioether (sulfide) groups is 1. The summed E-state index contributed by atoms with van der Waals surface area (Å²) in [4.78, 5) is 13.0. The predicted octanol–water partition coefficient (Wildman–Crippen LogP) is 5.83. The molecule has 166 valence electrons. The summed E-state index contributed by atoms with van der Waals surface area (Å²) >= 11 is 1.40. The number of methoxy groups -OCH3 is 1. The minimum absolute atomic E-state index is 0.0588. The maximum absolute atomic E-state index is 13.0. The Morgan fingerprint density at radius 2 is 1.94 bits per heavy atom. The lowest BCUT2D eigenvalue weighted by Gasteiger charge is -2.17. The highest BCUT2D eigenvalue weighted by atomic mass is 32.2. The number of pyridine rings is 1. The van der Waals surface area contributed by atoms with E-state index in [4.69, 9.17) is 4.74 Å². The van der Waals surface area contributed by atoms with E-state index in [1.165, 1.54) is 11.8 Å². The number of nitrogens with one attached hydrogen (secondary N) is 1. The maximum Gasteiger partial charge on any atom is 0.237 e. The molecule has 0 fully saturated rings. The molecule has 0 spiro atoms. The molecular formula is C25H28N4O2S. The van der Waals surface area contributed by atoms with E-state index in [1.807, 2.05) is 53.8 Å². The van der Waals surface area contributed by atoms with Crippen LogP contribution in [0.15, 0.2) is 53.7 Å². The fourth-order valence-corrected chi connectivity index (χ4v) is 4.68. The molecule has 0 radical (unpaired) electrons. The van der Waals surface area contributed by atoms with Gasteiger partial charge in [-0.3, -0.25) is 9.20 Å². The SMILES string of the molecule is CCC(C)c1ccccc1NC(=O)C(C)Sc1nnc2cc(C)c3ccc(OC)cc3n12. The minimum atomic E-state index is -0.352. The molecule has 32 heavy (non-hydrogen) atoms. The number of ether oxygens (including phenoxy) is 1. The number of nitrogens with zero attached hydrogens (tertiary/aromatic N) is 3. The molecule has 4 rings (SSSR count). The number of anilines is 1. The van der Waals surface area contributed by atoms with Crippen LogP contribution in [0.1, 0.15) is 44.2 Å². The number of aryl methyl sites for hydroxylation is 1. The molecule has 1 N–H and O–H groups in total. The number of rotatable bonds is 7. The molecule has 2 heterocycles. The third-order valence-electron chi connectivity index (χ3n) is 5.89. The molecule has 2 aromatic heterocycles. The monoisotopic (exact) mass is 448 g/mol. The van der Waals surface area contributed by atoms with Gasteiger partial charge in [-0.15, -0.1) is 10.2 Å². The average molecular weight is 449 g/mol. The zero-order valence-corrected chi connectivity index (χ0v) is 19.9. The maximum atomic E-state index is 13.0. The van der Waals surface area contributed by atoms with Gasteiger partial charge in [0.05, 0.1) is 17.9 Å². The van der Waals surface area contributed by atoms with Crippen LogP contribution < -0.4 is 10.1 Å². The number of benzene rings is 2. The second-order valence-corrected chi connectivity index (χ2v) is 9.34. The van der Waals surface area contributed by atoms with E-state index in [0.29, 0.717) is 11.1 Å². The number of para-hydroxylation sites is 1. The largest absolute Gasteiger partial charge is 0.497 e. The molecule has 1 amide bonds. The number of carbonyl (C=O) groups is 1. The van der Waals surface area contributed by atoms with Gasteiger partial charge in [0.25, 0.3) is 0 Å². The summed E-state index contributed by atoms with van der Waals surface area (Å²) in [5.41, 5.74) is 4.85. The smallest absolute Gasteiger partial charge is 0.237 e. The molecule has 2 atom stereocenters. The van der Waals surface area contributed by atoms with Crippen molar-refractivity contribution in [2.45, 2.75) is 50.4 Å². The van der Waals surface area contributed by atoms with Gasteiger partial charge in [0, 0.05) is 17.1 Å². The van der Waals surface area contributed by atoms with Crippen LogP contribution in [-0.4, -0.2) is 32.9 Å². The lowest BCUT2D eigenvalue weighted by molar-refractivity contribution is -0.115. The van der Waals surface area contributed by atoms with Gasteiger partial charge < -0.3 is 10.1 Å². The fraction of sp³-hybridized carbons (Fsp3) is 0.320. The van der Waals surface area contributed by atoms with Gasteiger partial charge in [-0.05, 0) is 61.6 Å². The van der Waals surface area contributed by atoms with Crippen molar-refractivity contribution in [2.75, 3.05) is 12.4 Å². The van der Waals surface area contributed by atoms with E-state index in [2.05, 4.69) is 42.4 Å². The second-order valence-electron chi connectivity index (χ2n) is 8.03. The minimum Gasteiger partial charge on any atom is -0.497 e.